The lowest BCUT2D eigenvalue weighted by Gasteiger charge is -2.29. The van der Waals surface area contributed by atoms with E-state index in [1.165, 1.54) is 33.1 Å². The van der Waals surface area contributed by atoms with Crippen molar-refractivity contribution in [3.63, 3.8) is 0 Å². The number of esters is 2. The Hall–Kier alpha value is -1.59. The van der Waals surface area contributed by atoms with Crippen LogP contribution in [0, 0.1) is 11.8 Å². The van der Waals surface area contributed by atoms with Crippen LogP contribution in [0.2, 0.25) is 0 Å². The van der Waals surface area contributed by atoms with Gasteiger partial charge in [-0.2, -0.15) is 0 Å². The van der Waals surface area contributed by atoms with Gasteiger partial charge in [-0.3, -0.25) is 14.4 Å². The van der Waals surface area contributed by atoms with Crippen LogP contribution in [0.1, 0.15) is 92.4 Å². The smallest absolute Gasteiger partial charge is 0.302 e. The molecule has 0 aliphatic heterocycles. The van der Waals surface area contributed by atoms with Crippen molar-refractivity contribution in [1.29, 1.82) is 0 Å². The zero-order valence-corrected chi connectivity index (χ0v) is 18.6. The van der Waals surface area contributed by atoms with Crippen LogP contribution in [0.4, 0.5) is 0 Å². The normalized spacial score (nSPS) is 14.0. The van der Waals surface area contributed by atoms with Gasteiger partial charge in [0.05, 0.1) is 6.61 Å². The van der Waals surface area contributed by atoms with E-state index >= 15 is 0 Å². The van der Waals surface area contributed by atoms with Gasteiger partial charge in [0.15, 0.2) is 0 Å². The third-order valence-electron chi connectivity index (χ3n) is 4.99. The lowest BCUT2D eigenvalue weighted by Crippen LogP contribution is -2.31. The topological polar surface area (TPSA) is 81.7 Å². The summed E-state index contributed by atoms with van der Waals surface area (Å²) in [5, 5.41) is 2.82. The first kappa shape index (κ1) is 26.4. The van der Waals surface area contributed by atoms with E-state index < -0.39 is 0 Å². The number of carbonyl (C=O) groups excluding carboxylic acids is 3. The van der Waals surface area contributed by atoms with Crippen molar-refractivity contribution in [3.8, 4) is 0 Å². The molecule has 0 aliphatic rings. The lowest BCUT2D eigenvalue weighted by molar-refractivity contribution is -0.152. The Kier molecular flexibility index (Phi) is 15.4. The Morgan fingerprint density at radius 1 is 0.750 bits per heavy atom. The minimum Gasteiger partial charge on any atom is -0.466 e. The highest BCUT2D eigenvalue weighted by atomic mass is 16.5. The van der Waals surface area contributed by atoms with Gasteiger partial charge < -0.3 is 14.8 Å². The summed E-state index contributed by atoms with van der Waals surface area (Å²) in [5.74, 6) is 0.100. The summed E-state index contributed by atoms with van der Waals surface area (Å²) >= 11 is 0. The average Bonchev–Trinajstić information content (AvgIpc) is 2.60. The standard InChI is InChI=1S/C22H41NO5/c1-17(13-10-8-6-7-9-11-15-23-19(3)24)22(28-21(5)26)18(2)14-12-16-27-20(4)25/h17-18,22H,6-16H2,1-5H3,(H,23,24). The Balaban J connectivity index is 4.04. The number of amides is 1. The largest absolute Gasteiger partial charge is 0.466 e. The molecule has 164 valence electrons. The summed E-state index contributed by atoms with van der Waals surface area (Å²) in [4.78, 5) is 33.1. The van der Waals surface area contributed by atoms with Gasteiger partial charge in [0, 0.05) is 27.3 Å². The molecule has 3 atom stereocenters. The van der Waals surface area contributed by atoms with Crippen LogP contribution >= 0.6 is 0 Å². The summed E-state index contributed by atoms with van der Waals surface area (Å²) in [6.45, 7) is 9.87. The third kappa shape index (κ3) is 15.5. The molecule has 1 N–H and O–H groups in total. The van der Waals surface area contributed by atoms with E-state index in [2.05, 4.69) is 19.2 Å². The first-order chi connectivity index (χ1) is 13.2. The Morgan fingerprint density at radius 3 is 1.82 bits per heavy atom. The highest BCUT2D eigenvalue weighted by Gasteiger charge is 2.26. The molecule has 0 bridgehead atoms. The van der Waals surface area contributed by atoms with Crippen LogP contribution in [0.3, 0.4) is 0 Å². The molecule has 0 aliphatic carbocycles. The maximum absolute atomic E-state index is 11.5. The van der Waals surface area contributed by atoms with Crippen LogP contribution in [0.15, 0.2) is 0 Å². The second-order valence-electron chi connectivity index (χ2n) is 7.90. The Bertz CT molecular complexity index is 452. The second kappa shape index (κ2) is 16.4. The molecule has 0 rings (SSSR count). The SMILES string of the molecule is CC(=O)NCCCCCCCCC(C)C(OC(C)=O)C(C)CCCOC(C)=O. The van der Waals surface area contributed by atoms with Crippen LogP contribution in [0.25, 0.3) is 0 Å². The molecule has 0 aromatic rings. The fraction of sp³-hybridized carbons (Fsp3) is 0.864. The summed E-state index contributed by atoms with van der Waals surface area (Å²) in [6.07, 6.45) is 9.47. The maximum Gasteiger partial charge on any atom is 0.302 e. The average molecular weight is 400 g/mol. The molecular formula is C22H41NO5. The number of rotatable bonds is 16. The van der Waals surface area contributed by atoms with Crippen molar-refractivity contribution in [2.45, 2.75) is 98.5 Å². The van der Waals surface area contributed by atoms with Gasteiger partial charge in [-0.15, -0.1) is 0 Å². The molecule has 28 heavy (non-hydrogen) atoms. The first-order valence-corrected chi connectivity index (χ1v) is 10.8. The summed E-state index contributed by atoms with van der Waals surface area (Å²) in [7, 11) is 0. The number of nitrogens with one attached hydrogen (secondary N) is 1. The maximum atomic E-state index is 11.5. The van der Waals surface area contributed by atoms with Crippen molar-refractivity contribution in [3.05, 3.63) is 0 Å². The van der Waals surface area contributed by atoms with Crippen molar-refractivity contribution in [2.75, 3.05) is 13.2 Å². The van der Waals surface area contributed by atoms with Crippen LogP contribution in [0.5, 0.6) is 0 Å². The molecule has 0 radical (unpaired) electrons. The fourth-order valence-electron chi connectivity index (χ4n) is 3.50. The van der Waals surface area contributed by atoms with Gasteiger partial charge in [0.2, 0.25) is 5.91 Å². The molecule has 0 saturated carbocycles. The molecule has 0 heterocycles. The van der Waals surface area contributed by atoms with Gasteiger partial charge >= 0.3 is 11.9 Å². The molecule has 3 unspecified atom stereocenters. The molecule has 6 nitrogen and oxygen atoms in total. The van der Waals surface area contributed by atoms with Crippen molar-refractivity contribution in [1.82, 2.24) is 5.32 Å². The highest BCUT2D eigenvalue weighted by Crippen LogP contribution is 2.26. The fourth-order valence-corrected chi connectivity index (χ4v) is 3.50. The molecule has 0 fully saturated rings. The quantitative estimate of drug-likeness (QED) is 0.307. The molecule has 6 heteroatoms. The molecule has 1 amide bonds. The lowest BCUT2D eigenvalue weighted by atomic mass is 9.86. The van der Waals surface area contributed by atoms with Crippen LogP contribution in [-0.2, 0) is 23.9 Å². The van der Waals surface area contributed by atoms with E-state index in [1.54, 1.807) is 6.92 Å². The number of hydrogen-bond donors (Lipinski definition) is 1. The van der Waals surface area contributed by atoms with Crippen molar-refractivity contribution < 1.29 is 23.9 Å². The number of unbranched alkanes of at least 4 members (excludes halogenated alkanes) is 5. The van der Waals surface area contributed by atoms with Gasteiger partial charge in [-0.05, 0) is 37.5 Å². The summed E-state index contributed by atoms with van der Waals surface area (Å²) in [6, 6.07) is 0. The first-order valence-electron chi connectivity index (χ1n) is 10.8. The second-order valence-corrected chi connectivity index (χ2v) is 7.90. The van der Waals surface area contributed by atoms with Crippen molar-refractivity contribution in [2.24, 2.45) is 11.8 Å². The monoisotopic (exact) mass is 399 g/mol. The van der Waals surface area contributed by atoms with E-state index in [0.717, 1.165) is 45.1 Å². The van der Waals surface area contributed by atoms with Gasteiger partial charge in [-0.1, -0.05) is 46.0 Å². The highest BCUT2D eigenvalue weighted by molar-refractivity contribution is 5.72. The summed E-state index contributed by atoms with van der Waals surface area (Å²) < 4.78 is 10.6. The number of ether oxygens (including phenoxy) is 2. The molecule has 0 aromatic carbocycles. The predicted octanol–water partition coefficient (Wildman–Crippen LogP) is 4.40. The zero-order valence-electron chi connectivity index (χ0n) is 18.6. The minimum absolute atomic E-state index is 0.0388. The predicted molar refractivity (Wildman–Crippen MR) is 111 cm³/mol. The van der Waals surface area contributed by atoms with Gasteiger partial charge in [-0.25, -0.2) is 0 Å². The van der Waals surface area contributed by atoms with E-state index in [1.807, 2.05) is 0 Å². The molecular weight excluding hydrogens is 358 g/mol. The zero-order chi connectivity index (χ0) is 21.4. The number of carbonyl (C=O) groups is 3. The minimum atomic E-state index is -0.257. The molecule has 0 aromatic heterocycles. The Morgan fingerprint density at radius 2 is 1.29 bits per heavy atom. The van der Waals surface area contributed by atoms with E-state index in [9.17, 15) is 14.4 Å². The Labute approximate surface area is 171 Å². The van der Waals surface area contributed by atoms with Crippen LogP contribution in [-0.4, -0.2) is 37.1 Å². The number of hydrogen-bond acceptors (Lipinski definition) is 5. The molecule has 0 saturated heterocycles. The van der Waals surface area contributed by atoms with E-state index in [-0.39, 0.29) is 29.9 Å². The summed E-state index contributed by atoms with van der Waals surface area (Å²) in [5.41, 5.74) is 0. The van der Waals surface area contributed by atoms with Crippen LogP contribution < -0.4 is 5.32 Å². The van der Waals surface area contributed by atoms with Gasteiger partial charge in [0.25, 0.3) is 0 Å². The third-order valence-corrected chi connectivity index (χ3v) is 4.99. The van der Waals surface area contributed by atoms with E-state index in [4.69, 9.17) is 9.47 Å². The van der Waals surface area contributed by atoms with Crippen molar-refractivity contribution >= 4 is 17.8 Å². The van der Waals surface area contributed by atoms with Gasteiger partial charge in [0.1, 0.15) is 6.10 Å². The molecule has 0 spiro atoms. The van der Waals surface area contributed by atoms with E-state index in [0.29, 0.717) is 12.5 Å².